The molecule has 108 valence electrons. The first-order valence-electron chi connectivity index (χ1n) is 7.59. The predicted octanol–water partition coefficient (Wildman–Crippen LogP) is 4.54. The van der Waals surface area contributed by atoms with Crippen LogP contribution in [0.5, 0.6) is 0 Å². The Balaban J connectivity index is 1.80. The first kappa shape index (κ1) is 15.0. The molecule has 1 heterocycles. The van der Waals surface area contributed by atoms with Crippen LogP contribution in [0, 0.1) is 18.3 Å². The maximum atomic E-state index is 4.53. The zero-order valence-electron chi connectivity index (χ0n) is 12.8. The van der Waals surface area contributed by atoms with Gasteiger partial charge in [0.05, 0.1) is 10.7 Å². The van der Waals surface area contributed by atoms with E-state index in [1.807, 2.05) is 0 Å². The van der Waals surface area contributed by atoms with Gasteiger partial charge in [-0.1, -0.05) is 27.2 Å². The monoisotopic (exact) mass is 280 g/mol. The largest absolute Gasteiger partial charge is 0.308 e. The van der Waals surface area contributed by atoms with Crippen molar-refractivity contribution in [1.29, 1.82) is 0 Å². The van der Waals surface area contributed by atoms with Gasteiger partial charge in [0.15, 0.2) is 0 Å². The van der Waals surface area contributed by atoms with Gasteiger partial charge in [-0.05, 0) is 43.9 Å². The van der Waals surface area contributed by atoms with Crippen LogP contribution in [-0.4, -0.2) is 11.0 Å². The summed E-state index contributed by atoms with van der Waals surface area (Å²) in [6.45, 7) is 10.2. The zero-order chi connectivity index (χ0) is 13.9. The standard InChI is InChI=1S/C16H28N2S/c1-12-18-15(11-19-12)10-17-14-7-5-6-13(8-9-14)16(2,3)4/h11,13-14,17H,5-10H2,1-4H3. The first-order valence-corrected chi connectivity index (χ1v) is 8.47. The SMILES string of the molecule is Cc1nc(CNC2CCCC(C(C)(C)C)CC2)cs1. The fraction of sp³-hybridized carbons (Fsp3) is 0.812. The second-order valence-corrected chi connectivity index (χ2v) is 8.07. The van der Waals surface area contributed by atoms with Crippen LogP contribution in [0.25, 0.3) is 0 Å². The Morgan fingerprint density at radius 1 is 1.26 bits per heavy atom. The molecule has 0 spiro atoms. The molecule has 1 fully saturated rings. The third kappa shape index (κ3) is 4.57. The summed E-state index contributed by atoms with van der Waals surface area (Å²) in [5.41, 5.74) is 1.68. The van der Waals surface area contributed by atoms with Crippen LogP contribution < -0.4 is 5.32 Å². The van der Waals surface area contributed by atoms with Crippen molar-refractivity contribution in [2.24, 2.45) is 11.3 Å². The molecule has 0 aliphatic heterocycles. The summed E-state index contributed by atoms with van der Waals surface area (Å²) in [5.74, 6) is 0.890. The van der Waals surface area contributed by atoms with Gasteiger partial charge in [0.25, 0.3) is 0 Å². The highest BCUT2D eigenvalue weighted by atomic mass is 32.1. The summed E-state index contributed by atoms with van der Waals surface area (Å²) in [5, 5.41) is 7.06. The molecule has 2 rings (SSSR count). The molecule has 1 saturated carbocycles. The van der Waals surface area contributed by atoms with Gasteiger partial charge in [-0.15, -0.1) is 11.3 Å². The van der Waals surface area contributed by atoms with Gasteiger partial charge in [0.1, 0.15) is 0 Å². The van der Waals surface area contributed by atoms with Crippen molar-refractivity contribution in [3.8, 4) is 0 Å². The third-order valence-electron chi connectivity index (χ3n) is 4.43. The van der Waals surface area contributed by atoms with Crippen LogP contribution in [0.4, 0.5) is 0 Å². The van der Waals surface area contributed by atoms with E-state index in [-0.39, 0.29) is 0 Å². The molecule has 0 radical (unpaired) electrons. The van der Waals surface area contributed by atoms with Gasteiger partial charge in [0.2, 0.25) is 0 Å². The molecule has 2 nitrogen and oxygen atoms in total. The Kier molecular flexibility index (Phi) is 5.02. The quantitative estimate of drug-likeness (QED) is 0.822. The van der Waals surface area contributed by atoms with Gasteiger partial charge in [-0.25, -0.2) is 4.98 Å². The van der Waals surface area contributed by atoms with E-state index in [1.54, 1.807) is 11.3 Å². The molecule has 0 aromatic carbocycles. The van der Waals surface area contributed by atoms with Crippen LogP contribution in [-0.2, 0) is 6.54 Å². The summed E-state index contributed by atoms with van der Waals surface area (Å²) in [6.07, 6.45) is 6.80. The fourth-order valence-corrected chi connectivity index (χ4v) is 3.72. The van der Waals surface area contributed by atoms with E-state index in [4.69, 9.17) is 0 Å². The molecule has 1 aliphatic rings. The van der Waals surface area contributed by atoms with Gasteiger partial charge < -0.3 is 5.32 Å². The molecular formula is C16H28N2S. The Morgan fingerprint density at radius 3 is 2.68 bits per heavy atom. The van der Waals surface area contributed by atoms with Crippen molar-refractivity contribution in [2.45, 2.75) is 72.4 Å². The molecule has 19 heavy (non-hydrogen) atoms. The molecule has 0 amide bonds. The number of aromatic nitrogens is 1. The van der Waals surface area contributed by atoms with E-state index in [1.165, 1.54) is 42.8 Å². The van der Waals surface area contributed by atoms with E-state index >= 15 is 0 Å². The van der Waals surface area contributed by atoms with E-state index < -0.39 is 0 Å². The van der Waals surface area contributed by atoms with E-state index in [9.17, 15) is 0 Å². The number of aryl methyl sites for hydroxylation is 1. The van der Waals surface area contributed by atoms with Crippen molar-refractivity contribution in [3.63, 3.8) is 0 Å². The second kappa shape index (κ2) is 6.36. The Labute approximate surface area is 122 Å². The lowest BCUT2D eigenvalue weighted by Gasteiger charge is -2.29. The van der Waals surface area contributed by atoms with Crippen molar-refractivity contribution in [2.75, 3.05) is 0 Å². The highest BCUT2D eigenvalue weighted by Crippen LogP contribution is 2.36. The zero-order valence-corrected chi connectivity index (χ0v) is 13.6. The van der Waals surface area contributed by atoms with E-state index in [2.05, 4.69) is 43.4 Å². The first-order chi connectivity index (χ1) is 8.95. The Hall–Kier alpha value is -0.410. The normalized spacial score (nSPS) is 25.3. The number of thiazole rings is 1. The number of nitrogens with one attached hydrogen (secondary N) is 1. The van der Waals surface area contributed by atoms with Crippen molar-refractivity contribution in [1.82, 2.24) is 10.3 Å². The minimum absolute atomic E-state index is 0.473. The Bertz CT molecular complexity index is 392. The molecule has 1 aromatic heterocycles. The molecule has 3 heteroatoms. The molecule has 1 aromatic rings. The second-order valence-electron chi connectivity index (χ2n) is 7.01. The minimum atomic E-state index is 0.473. The summed E-state index contributed by atoms with van der Waals surface area (Å²) in [6, 6.07) is 0.689. The van der Waals surface area contributed by atoms with Crippen molar-refractivity contribution < 1.29 is 0 Å². The number of hydrogen-bond acceptors (Lipinski definition) is 3. The third-order valence-corrected chi connectivity index (χ3v) is 5.25. The minimum Gasteiger partial charge on any atom is -0.308 e. The topological polar surface area (TPSA) is 24.9 Å². The summed E-state index contributed by atoms with van der Waals surface area (Å²) >= 11 is 1.75. The summed E-state index contributed by atoms with van der Waals surface area (Å²) in [7, 11) is 0. The fourth-order valence-electron chi connectivity index (χ4n) is 3.11. The smallest absolute Gasteiger partial charge is 0.0897 e. The Morgan fingerprint density at radius 2 is 2.05 bits per heavy atom. The van der Waals surface area contributed by atoms with Crippen LogP contribution in [0.2, 0.25) is 0 Å². The molecular weight excluding hydrogens is 252 g/mol. The number of rotatable bonds is 3. The number of nitrogens with zero attached hydrogens (tertiary/aromatic N) is 1. The molecule has 0 bridgehead atoms. The number of hydrogen-bond donors (Lipinski definition) is 1. The summed E-state index contributed by atoms with van der Waals surface area (Å²) < 4.78 is 0. The van der Waals surface area contributed by atoms with Gasteiger partial charge >= 0.3 is 0 Å². The maximum absolute atomic E-state index is 4.53. The van der Waals surface area contributed by atoms with Gasteiger partial charge in [0, 0.05) is 18.0 Å². The summed E-state index contributed by atoms with van der Waals surface area (Å²) in [4.78, 5) is 4.53. The van der Waals surface area contributed by atoms with Gasteiger partial charge in [-0.3, -0.25) is 0 Å². The lowest BCUT2D eigenvalue weighted by atomic mass is 9.76. The van der Waals surface area contributed by atoms with Crippen LogP contribution >= 0.6 is 11.3 Å². The van der Waals surface area contributed by atoms with Crippen LogP contribution in [0.1, 0.15) is 63.6 Å². The van der Waals surface area contributed by atoms with E-state index in [0.29, 0.717) is 11.5 Å². The van der Waals surface area contributed by atoms with Crippen molar-refractivity contribution in [3.05, 3.63) is 16.1 Å². The van der Waals surface area contributed by atoms with E-state index in [0.717, 1.165) is 12.5 Å². The maximum Gasteiger partial charge on any atom is 0.0897 e. The molecule has 2 atom stereocenters. The molecule has 2 unspecified atom stereocenters. The van der Waals surface area contributed by atoms with Crippen molar-refractivity contribution >= 4 is 11.3 Å². The highest BCUT2D eigenvalue weighted by molar-refractivity contribution is 7.09. The predicted molar refractivity (Wildman–Crippen MR) is 83.5 cm³/mol. The highest BCUT2D eigenvalue weighted by Gasteiger charge is 2.27. The van der Waals surface area contributed by atoms with Crippen LogP contribution in [0.3, 0.4) is 0 Å². The van der Waals surface area contributed by atoms with Gasteiger partial charge in [-0.2, -0.15) is 0 Å². The average molecular weight is 280 g/mol. The lowest BCUT2D eigenvalue weighted by molar-refractivity contribution is 0.213. The molecule has 1 aliphatic carbocycles. The van der Waals surface area contributed by atoms with Crippen LogP contribution in [0.15, 0.2) is 5.38 Å². The lowest BCUT2D eigenvalue weighted by Crippen LogP contribution is -2.28. The average Bonchev–Trinajstić information content (AvgIpc) is 2.61. The molecule has 1 N–H and O–H groups in total. The molecule has 0 saturated heterocycles.